The van der Waals surface area contributed by atoms with Crippen molar-refractivity contribution in [3.63, 3.8) is 0 Å². The highest BCUT2D eigenvalue weighted by Gasteiger charge is 2.19. The third kappa shape index (κ3) is 4.51. The van der Waals surface area contributed by atoms with Gasteiger partial charge in [-0.1, -0.05) is 12.1 Å². The Bertz CT molecular complexity index is 806. The molecule has 0 atom stereocenters. The quantitative estimate of drug-likeness (QED) is 0.839. The second-order valence-electron chi connectivity index (χ2n) is 6.18. The monoisotopic (exact) mass is 350 g/mol. The zero-order valence-electron chi connectivity index (χ0n) is 14.8. The van der Waals surface area contributed by atoms with Crippen molar-refractivity contribution in [1.29, 1.82) is 0 Å². The van der Waals surface area contributed by atoms with Crippen LogP contribution in [-0.4, -0.2) is 36.9 Å². The smallest absolute Gasteiger partial charge is 0.253 e. The van der Waals surface area contributed by atoms with Gasteiger partial charge in [-0.25, -0.2) is 0 Å². The van der Waals surface area contributed by atoms with Crippen LogP contribution in [0.3, 0.4) is 0 Å². The van der Waals surface area contributed by atoms with Crippen LogP contribution in [0.25, 0.3) is 6.08 Å². The molecule has 1 aliphatic rings. The van der Waals surface area contributed by atoms with E-state index in [9.17, 15) is 9.59 Å². The minimum absolute atomic E-state index is 0.0540. The van der Waals surface area contributed by atoms with Gasteiger partial charge in [-0.3, -0.25) is 9.59 Å². The van der Waals surface area contributed by atoms with Crippen LogP contribution in [0.4, 0.5) is 5.69 Å². The number of ether oxygens (including phenoxy) is 1. The van der Waals surface area contributed by atoms with Crippen LogP contribution in [0.2, 0.25) is 0 Å². The molecular formula is C21H22N2O3. The Morgan fingerprint density at radius 3 is 2.50 bits per heavy atom. The molecule has 1 fully saturated rings. The van der Waals surface area contributed by atoms with E-state index in [0.717, 1.165) is 37.2 Å². The summed E-state index contributed by atoms with van der Waals surface area (Å²) in [6, 6.07) is 14.5. The fraction of sp³-hybridized carbons (Fsp3) is 0.238. The number of carbonyl (C=O) groups is 2. The van der Waals surface area contributed by atoms with Crippen molar-refractivity contribution in [3.8, 4) is 5.75 Å². The molecule has 1 N–H and O–H groups in total. The van der Waals surface area contributed by atoms with Crippen molar-refractivity contribution < 1.29 is 14.3 Å². The Kier molecular flexibility index (Phi) is 5.69. The van der Waals surface area contributed by atoms with Crippen LogP contribution in [0.15, 0.2) is 54.6 Å². The minimum Gasteiger partial charge on any atom is -0.497 e. The van der Waals surface area contributed by atoms with Gasteiger partial charge in [0, 0.05) is 30.4 Å². The molecule has 0 aliphatic carbocycles. The van der Waals surface area contributed by atoms with E-state index >= 15 is 0 Å². The molecule has 26 heavy (non-hydrogen) atoms. The third-order valence-corrected chi connectivity index (χ3v) is 4.31. The van der Waals surface area contributed by atoms with E-state index in [0.29, 0.717) is 11.3 Å². The lowest BCUT2D eigenvalue weighted by Gasteiger charge is -2.15. The SMILES string of the molecule is COc1cccc(/C=C/C(=O)Nc2ccc(C(=O)N3CCCC3)cc2)c1. The summed E-state index contributed by atoms with van der Waals surface area (Å²) in [6.07, 6.45) is 5.33. The number of likely N-dealkylation sites (tertiary alicyclic amines) is 1. The minimum atomic E-state index is -0.230. The van der Waals surface area contributed by atoms with Crippen LogP contribution in [0.5, 0.6) is 5.75 Å². The molecule has 0 bridgehead atoms. The molecule has 2 aromatic rings. The molecule has 2 amide bonds. The van der Waals surface area contributed by atoms with Crippen LogP contribution < -0.4 is 10.1 Å². The zero-order chi connectivity index (χ0) is 18.4. The van der Waals surface area contributed by atoms with Gasteiger partial charge in [0.05, 0.1) is 7.11 Å². The van der Waals surface area contributed by atoms with Crippen LogP contribution >= 0.6 is 0 Å². The van der Waals surface area contributed by atoms with Gasteiger partial charge in [-0.15, -0.1) is 0 Å². The molecule has 1 heterocycles. The Hall–Kier alpha value is -3.08. The molecule has 5 nitrogen and oxygen atoms in total. The number of anilines is 1. The fourth-order valence-electron chi connectivity index (χ4n) is 2.90. The van der Waals surface area contributed by atoms with Gasteiger partial charge in [0.15, 0.2) is 0 Å². The molecule has 134 valence electrons. The Labute approximate surface area is 153 Å². The van der Waals surface area contributed by atoms with Gasteiger partial charge >= 0.3 is 0 Å². The third-order valence-electron chi connectivity index (χ3n) is 4.31. The van der Waals surface area contributed by atoms with Gasteiger partial charge in [0.1, 0.15) is 5.75 Å². The molecule has 0 spiro atoms. The number of hydrogen-bond donors (Lipinski definition) is 1. The normalized spacial score (nSPS) is 13.8. The number of amides is 2. The van der Waals surface area contributed by atoms with E-state index < -0.39 is 0 Å². The molecule has 1 saturated heterocycles. The summed E-state index contributed by atoms with van der Waals surface area (Å²) in [6.45, 7) is 1.65. The topological polar surface area (TPSA) is 58.6 Å². The van der Waals surface area contributed by atoms with E-state index in [1.807, 2.05) is 29.2 Å². The Morgan fingerprint density at radius 2 is 1.81 bits per heavy atom. The van der Waals surface area contributed by atoms with Gasteiger partial charge < -0.3 is 15.0 Å². The predicted molar refractivity (Wildman–Crippen MR) is 102 cm³/mol. The zero-order valence-corrected chi connectivity index (χ0v) is 14.8. The lowest BCUT2D eigenvalue weighted by Crippen LogP contribution is -2.27. The number of hydrogen-bond acceptors (Lipinski definition) is 3. The van der Waals surface area contributed by atoms with Crippen LogP contribution in [-0.2, 0) is 4.79 Å². The summed E-state index contributed by atoms with van der Waals surface area (Å²) in [4.78, 5) is 26.2. The first-order valence-electron chi connectivity index (χ1n) is 8.68. The summed E-state index contributed by atoms with van der Waals surface area (Å²) in [5, 5.41) is 2.79. The summed E-state index contributed by atoms with van der Waals surface area (Å²) in [7, 11) is 1.60. The van der Waals surface area contributed by atoms with Gasteiger partial charge in [-0.05, 0) is 60.9 Å². The maximum Gasteiger partial charge on any atom is 0.253 e. The first-order valence-corrected chi connectivity index (χ1v) is 8.68. The second-order valence-corrected chi connectivity index (χ2v) is 6.18. The standard InChI is InChI=1S/C21H22N2O3/c1-26-19-6-4-5-16(15-19)7-12-20(24)22-18-10-8-17(9-11-18)21(25)23-13-2-3-14-23/h4-12,15H,2-3,13-14H2,1H3,(H,22,24)/b12-7+. The number of nitrogens with zero attached hydrogens (tertiary/aromatic N) is 1. The average Bonchev–Trinajstić information content (AvgIpc) is 3.21. The molecule has 3 rings (SSSR count). The second kappa shape index (κ2) is 8.34. The Morgan fingerprint density at radius 1 is 1.08 bits per heavy atom. The number of nitrogens with one attached hydrogen (secondary N) is 1. The fourth-order valence-corrected chi connectivity index (χ4v) is 2.90. The highest BCUT2D eigenvalue weighted by atomic mass is 16.5. The molecular weight excluding hydrogens is 328 g/mol. The highest BCUT2D eigenvalue weighted by molar-refractivity contribution is 6.02. The van der Waals surface area contributed by atoms with Crippen molar-refractivity contribution in [2.45, 2.75) is 12.8 Å². The summed E-state index contributed by atoms with van der Waals surface area (Å²) in [5.41, 5.74) is 2.19. The molecule has 2 aromatic carbocycles. The van der Waals surface area contributed by atoms with Crippen LogP contribution in [0.1, 0.15) is 28.8 Å². The molecule has 0 radical (unpaired) electrons. The van der Waals surface area contributed by atoms with E-state index in [-0.39, 0.29) is 11.8 Å². The first-order chi connectivity index (χ1) is 12.7. The van der Waals surface area contributed by atoms with E-state index in [1.54, 1.807) is 37.5 Å². The average molecular weight is 350 g/mol. The van der Waals surface area contributed by atoms with E-state index in [4.69, 9.17) is 4.74 Å². The largest absolute Gasteiger partial charge is 0.497 e. The van der Waals surface area contributed by atoms with Crippen molar-refractivity contribution in [3.05, 3.63) is 65.7 Å². The molecule has 0 aromatic heterocycles. The number of rotatable bonds is 5. The highest BCUT2D eigenvalue weighted by Crippen LogP contribution is 2.16. The van der Waals surface area contributed by atoms with E-state index in [2.05, 4.69) is 5.32 Å². The lowest BCUT2D eigenvalue weighted by atomic mass is 10.1. The lowest BCUT2D eigenvalue weighted by molar-refractivity contribution is -0.111. The van der Waals surface area contributed by atoms with Crippen molar-refractivity contribution in [2.75, 3.05) is 25.5 Å². The predicted octanol–water partition coefficient (Wildman–Crippen LogP) is 3.58. The van der Waals surface area contributed by atoms with Gasteiger partial charge in [-0.2, -0.15) is 0 Å². The maximum absolute atomic E-state index is 12.3. The van der Waals surface area contributed by atoms with Crippen molar-refractivity contribution in [2.24, 2.45) is 0 Å². The number of benzene rings is 2. The summed E-state index contributed by atoms with van der Waals surface area (Å²) in [5.74, 6) is 0.565. The summed E-state index contributed by atoms with van der Waals surface area (Å²) >= 11 is 0. The number of carbonyl (C=O) groups excluding carboxylic acids is 2. The Balaban J connectivity index is 1.58. The van der Waals surface area contributed by atoms with E-state index in [1.165, 1.54) is 6.08 Å². The van der Waals surface area contributed by atoms with Crippen molar-refractivity contribution in [1.82, 2.24) is 4.90 Å². The van der Waals surface area contributed by atoms with Crippen LogP contribution in [0, 0.1) is 0 Å². The maximum atomic E-state index is 12.3. The molecule has 1 aliphatic heterocycles. The molecule has 5 heteroatoms. The molecule has 0 unspecified atom stereocenters. The number of methoxy groups -OCH3 is 1. The van der Waals surface area contributed by atoms with Crippen molar-refractivity contribution >= 4 is 23.6 Å². The van der Waals surface area contributed by atoms with Gasteiger partial charge in [0.2, 0.25) is 5.91 Å². The van der Waals surface area contributed by atoms with Gasteiger partial charge in [0.25, 0.3) is 5.91 Å². The molecule has 0 saturated carbocycles. The summed E-state index contributed by atoms with van der Waals surface area (Å²) < 4.78 is 5.16. The first kappa shape index (κ1) is 17.7.